The van der Waals surface area contributed by atoms with E-state index in [2.05, 4.69) is 5.32 Å². The molecule has 1 fully saturated rings. The maximum atomic E-state index is 12.0. The lowest BCUT2D eigenvalue weighted by Crippen LogP contribution is -2.45. The minimum atomic E-state index is -0.921. The highest BCUT2D eigenvalue weighted by Gasteiger charge is 2.66. The Hall–Kier alpha value is -1.10. The zero-order chi connectivity index (χ0) is 13.4. The highest BCUT2D eigenvalue weighted by Crippen LogP contribution is 2.58. The third kappa shape index (κ3) is 2.77. The summed E-state index contributed by atoms with van der Waals surface area (Å²) in [5.74, 6) is -2.23. The number of aliphatic hydroxyl groups is 1. The van der Waals surface area contributed by atoms with Crippen molar-refractivity contribution in [2.45, 2.75) is 39.7 Å². The molecule has 1 aliphatic carbocycles. The van der Waals surface area contributed by atoms with Crippen LogP contribution in [0.3, 0.4) is 0 Å². The lowest BCUT2D eigenvalue weighted by atomic mass is 10.0. The zero-order valence-corrected chi connectivity index (χ0v) is 10.8. The van der Waals surface area contributed by atoms with Crippen LogP contribution in [0.5, 0.6) is 0 Å². The number of carbonyl (C=O) groups excluding carboxylic acids is 1. The van der Waals surface area contributed by atoms with E-state index in [0.29, 0.717) is 6.42 Å². The molecular weight excluding hydrogens is 222 g/mol. The van der Waals surface area contributed by atoms with Crippen LogP contribution in [-0.4, -0.2) is 34.2 Å². The van der Waals surface area contributed by atoms with Gasteiger partial charge in [0.15, 0.2) is 0 Å². The number of carboxylic acid groups (broad SMARTS) is 1. The van der Waals surface area contributed by atoms with Crippen molar-refractivity contribution in [1.82, 2.24) is 5.32 Å². The van der Waals surface area contributed by atoms with E-state index in [-0.39, 0.29) is 12.5 Å². The van der Waals surface area contributed by atoms with E-state index in [0.717, 1.165) is 0 Å². The molecule has 5 nitrogen and oxygen atoms in total. The van der Waals surface area contributed by atoms with Gasteiger partial charge in [0.25, 0.3) is 0 Å². The molecule has 1 saturated carbocycles. The first-order chi connectivity index (χ1) is 7.63. The molecule has 0 aromatic heterocycles. The molecule has 17 heavy (non-hydrogen) atoms. The Labute approximate surface area is 101 Å². The van der Waals surface area contributed by atoms with Gasteiger partial charge < -0.3 is 15.5 Å². The zero-order valence-electron chi connectivity index (χ0n) is 10.8. The van der Waals surface area contributed by atoms with Crippen molar-refractivity contribution >= 4 is 11.9 Å². The highest BCUT2D eigenvalue weighted by molar-refractivity contribution is 5.91. The van der Waals surface area contributed by atoms with Gasteiger partial charge in [-0.15, -0.1) is 0 Å². The molecule has 2 unspecified atom stereocenters. The third-order valence-electron chi connectivity index (χ3n) is 3.57. The van der Waals surface area contributed by atoms with E-state index in [1.54, 1.807) is 13.8 Å². The van der Waals surface area contributed by atoms with Crippen molar-refractivity contribution in [1.29, 1.82) is 0 Å². The van der Waals surface area contributed by atoms with Gasteiger partial charge >= 0.3 is 5.97 Å². The van der Waals surface area contributed by atoms with Gasteiger partial charge in [-0.3, -0.25) is 9.59 Å². The molecule has 0 aromatic carbocycles. The predicted octanol–water partition coefficient (Wildman–Crippen LogP) is 0.620. The van der Waals surface area contributed by atoms with E-state index >= 15 is 0 Å². The monoisotopic (exact) mass is 243 g/mol. The second-order valence-corrected chi connectivity index (χ2v) is 5.96. The Bertz CT molecular complexity index is 335. The first-order valence-corrected chi connectivity index (χ1v) is 5.79. The van der Waals surface area contributed by atoms with E-state index in [1.807, 2.05) is 13.8 Å². The fourth-order valence-corrected chi connectivity index (χ4v) is 2.34. The summed E-state index contributed by atoms with van der Waals surface area (Å²) in [5.41, 5.74) is -0.987. The molecule has 0 bridgehead atoms. The minimum Gasteiger partial charge on any atom is -0.481 e. The Kier molecular flexibility index (Phi) is 3.52. The van der Waals surface area contributed by atoms with Crippen LogP contribution in [0.2, 0.25) is 0 Å². The summed E-state index contributed by atoms with van der Waals surface area (Å²) < 4.78 is 0. The van der Waals surface area contributed by atoms with Gasteiger partial charge in [0, 0.05) is 12.1 Å². The van der Waals surface area contributed by atoms with Crippen molar-refractivity contribution in [3.8, 4) is 0 Å². The molecule has 2 atom stereocenters. The second kappa shape index (κ2) is 4.29. The van der Waals surface area contributed by atoms with Crippen LogP contribution >= 0.6 is 0 Å². The SMILES string of the molecule is CC(C)(CCO)NC(=O)C1C(C(=O)O)C1(C)C. The number of aliphatic hydroxyl groups excluding tert-OH is 1. The molecule has 0 spiro atoms. The van der Waals surface area contributed by atoms with E-state index in [4.69, 9.17) is 10.2 Å². The topological polar surface area (TPSA) is 86.6 Å². The lowest BCUT2D eigenvalue weighted by molar-refractivity contribution is -0.140. The first kappa shape index (κ1) is 14.0. The van der Waals surface area contributed by atoms with Crippen molar-refractivity contribution < 1.29 is 19.8 Å². The largest absolute Gasteiger partial charge is 0.481 e. The number of nitrogens with one attached hydrogen (secondary N) is 1. The summed E-state index contributed by atoms with van der Waals surface area (Å²) in [6.45, 7) is 7.19. The Morgan fingerprint density at radius 2 is 1.82 bits per heavy atom. The summed E-state index contributed by atoms with van der Waals surface area (Å²) in [4.78, 5) is 22.9. The highest BCUT2D eigenvalue weighted by atomic mass is 16.4. The lowest BCUT2D eigenvalue weighted by Gasteiger charge is -2.25. The van der Waals surface area contributed by atoms with Gasteiger partial charge in [0.05, 0.1) is 11.8 Å². The quantitative estimate of drug-likeness (QED) is 0.660. The third-order valence-corrected chi connectivity index (χ3v) is 3.57. The standard InChI is InChI=1S/C12H21NO4/c1-11(2,5-6-14)13-9(15)7-8(10(16)17)12(7,3)4/h7-8,14H,5-6H2,1-4H3,(H,13,15)(H,16,17). The van der Waals surface area contributed by atoms with Gasteiger partial charge in [-0.1, -0.05) is 13.8 Å². The Morgan fingerprint density at radius 3 is 2.18 bits per heavy atom. The molecule has 0 aromatic rings. The summed E-state index contributed by atoms with van der Waals surface area (Å²) >= 11 is 0. The van der Waals surface area contributed by atoms with Gasteiger partial charge in [0.1, 0.15) is 0 Å². The second-order valence-electron chi connectivity index (χ2n) is 5.96. The van der Waals surface area contributed by atoms with Crippen LogP contribution in [0, 0.1) is 17.3 Å². The van der Waals surface area contributed by atoms with E-state index in [9.17, 15) is 9.59 Å². The number of aliphatic carboxylic acids is 1. The summed E-state index contributed by atoms with van der Waals surface area (Å²) in [6.07, 6.45) is 0.448. The van der Waals surface area contributed by atoms with Crippen LogP contribution in [0.4, 0.5) is 0 Å². The Balaban J connectivity index is 2.65. The van der Waals surface area contributed by atoms with Crippen LogP contribution in [0.1, 0.15) is 34.1 Å². The first-order valence-electron chi connectivity index (χ1n) is 5.79. The van der Waals surface area contributed by atoms with Crippen molar-refractivity contribution in [3.05, 3.63) is 0 Å². The van der Waals surface area contributed by atoms with Gasteiger partial charge in [0.2, 0.25) is 5.91 Å². The summed E-state index contributed by atoms with van der Waals surface area (Å²) in [7, 11) is 0. The molecule has 3 N–H and O–H groups in total. The van der Waals surface area contributed by atoms with Gasteiger partial charge in [-0.05, 0) is 25.7 Å². The number of rotatable bonds is 5. The molecule has 0 saturated heterocycles. The van der Waals surface area contributed by atoms with E-state index < -0.39 is 28.8 Å². The molecule has 0 aliphatic heterocycles. The smallest absolute Gasteiger partial charge is 0.307 e. The number of carbonyl (C=O) groups is 2. The summed E-state index contributed by atoms with van der Waals surface area (Å²) in [6, 6.07) is 0. The van der Waals surface area contributed by atoms with Crippen LogP contribution < -0.4 is 5.32 Å². The minimum absolute atomic E-state index is 0.0102. The Morgan fingerprint density at radius 1 is 1.29 bits per heavy atom. The molecule has 0 radical (unpaired) electrons. The van der Waals surface area contributed by atoms with E-state index in [1.165, 1.54) is 0 Å². The fraction of sp³-hybridized carbons (Fsp3) is 0.833. The fourth-order valence-electron chi connectivity index (χ4n) is 2.34. The van der Waals surface area contributed by atoms with Crippen molar-refractivity contribution in [2.24, 2.45) is 17.3 Å². The number of hydrogen-bond acceptors (Lipinski definition) is 3. The number of amides is 1. The van der Waals surface area contributed by atoms with Crippen LogP contribution in [-0.2, 0) is 9.59 Å². The number of hydrogen-bond donors (Lipinski definition) is 3. The molecule has 1 amide bonds. The van der Waals surface area contributed by atoms with Crippen LogP contribution in [0.25, 0.3) is 0 Å². The van der Waals surface area contributed by atoms with Gasteiger partial charge in [-0.25, -0.2) is 0 Å². The average Bonchev–Trinajstić information content (AvgIpc) is 2.67. The number of carboxylic acids is 1. The molecule has 5 heteroatoms. The molecule has 98 valence electrons. The predicted molar refractivity (Wildman–Crippen MR) is 62.3 cm³/mol. The molecular formula is C12H21NO4. The van der Waals surface area contributed by atoms with Crippen LogP contribution in [0.15, 0.2) is 0 Å². The van der Waals surface area contributed by atoms with Gasteiger partial charge in [-0.2, -0.15) is 0 Å². The maximum Gasteiger partial charge on any atom is 0.307 e. The molecule has 1 rings (SSSR count). The molecule has 1 aliphatic rings. The maximum absolute atomic E-state index is 12.0. The molecule has 0 heterocycles. The van der Waals surface area contributed by atoms with Crippen molar-refractivity contribution in [3.63, 3.8) is 0 Å². The average molecular weight is 243 g/mol. The normalized spacial score (nSPS) is 26.4. The summed E-state index contributed by atoms with van der Waals surface area (Å²) in [5, 5.41) is 20.7. The van der Waals surface area contributed by atoms with Crippen molar-refractivity contribution in [2.75, 3.05) is 6.61 Å².